The van der Waals surface area contributed by atoms with Crippen LogP contribution in [0.15, 0.2) is 46.1 Å². The molecular formula is C17H17N3O3S. The standard InChI is InChI=1S/C17H17N3O3S/c1-19-11(7-16(22)20(2)17(19)23)9-24-10-15(21)13-8-18-14-6-4-3-5-12(13)14/h3-8,18H,9-10H2,1-2H3. The van der Waals surface area contributed by atoms with Gasteiger partial charge in [-0.15, -0.1) is 11.8 Å². The van der Waals surface area contributed by atoms with Gasteiger partial charge >= 0.3 is 5.69 Å². The molecule has 0 spiro atoms. The molecule has 2 aromatic heterocycles. The van der Waals surface area contributed by atoms with Crippen LogP contribution in [0.4, 0.5) is 0 Å². The first-order chi connectivity index (χ1) is 11.5. The number of ketones is 1. The number of benzene rings is 1. The van der Waals surface area contributed by atoms with Gasteiger partial charge in [0, 0.05) is 54.3 Å². The van der Waals surface area contributed by atoms with E-state index >= 15 is 0 Å². The van der Waals surface area contributed by atoms with Crippen LogP contribution in [0, 0.1) is 0 Å². The number of Topliss-reactive ketones (excluding diaryl/α,β-unsaturated/α-hetero) is 1. The van der Waals surface area contributed by atoms with Crippen LogP contribution in [0.5, 0.6) is 0 Å². The molecular weight excluding hydrogens is 326 g/mol. The van der Waals surface area contributed by atoms with Crippen molar-refractivity contribution >= 4 is 28.4 Å². The quantitative estimate of drug-likeness (QED) is 0.715. The van der Waals surface area contributed by atoms with E-state index in [0.717, 1.165) is 15.5 Å². The Bertz CT molecular complexity index is 1030. The van der Waals surface area contributed by atoms with Gasteiger partial charge in [-0.05, 0) is 6.07 Å². The minimum Gasteiger partial charge on any atom is -0.360 e. The monoisotopic (exact) mass is 343 g/mol. The zero-order valence-corrected chi connectivity index (χ0v) is 14.2. The van der Waals surface area contributed by atoms with E-state index in [-0.39, 0.29) is 22.8 Å². The number of nitrogens with zero attached hydrogens (tertiary/aromatic N) is 2. The topological polar surface area (TPSA) is 76.9 Å². The van der Waals surface area contributed by atoms with Crippen LogP contribution >= 0.6 is 11.8 Å². The molecule has 0 atom stereocenters. The molecule has 0 saturated heterocycles. The summed E-state index contributed by atoms with van der Waals surface area (Å²) in [6, 6.07) is 9.08. The zero-order chi connectivity index (χ0) is 17.3. The molecule has 0 aliphatic heterocycles. The van der Waals surface area contributed by atoms with Gasteiger partial charge < -0.3 is 4.98 Å². The number of aromatic amines is 1. The van der Waals surface area contributed by atoms with E-state index in [2.05, 4.69) is 4.98 Å². The van der Waals surface area contributed by atoms with Crippen LogP contribution in [0.3, 0.4) is 0 Å². The number of H-pyrrole nitrogens is 1. The number of hydrogen-bond acceptors (Lipinski definition) is 4. The maximum Gasteiger partial charge on any atom is 0.330 e. The van der Waals surface area contributed by atoms with Crippen molar-refractivity contribution in [3.63, 3.8) is 0 Å². The summed E-state index contributed by atoms with van der Waals surface area (Å²) in [6.07, 6.45) is 1.72. The Morgan fingerprint density at radius 1 is 1.17 bits per heavy atom. The molecule has 0 bridgehead atoms. The van der Waals surface area contributed by atoms with E-state index in [9.17, 15) is 14.4 Å². The third-order valence-corrected chi connectivity index (χ3v) is 4.96. The lowest BCUT2D eigenvalue weighted by Gasteiger charge is -2.08. The molecule has 0 aliphatic carbocycles. The van der Waals surface area contributed by atoms with E-state index < -0.39 is 0 Å². The number of carbonyl (C=O) groups excluding carboxylic acids is 1. The summed E-state index contributed by atoms with van der Waals surface area (Å²) in [5.41, 5.74) is 1.51. The smallest absolute Gasteiger partial charge is 0.330 e. The Morgan fingerprint density at radius 2 is 1.92 bits per heavy atom. The van der Waals surface area contributed by atoms with Crippen LogP contribution in [0.2, 0.25) is 0 Å². The highest BCUT2D eigenvalue weighted by atomic mass is 32.2. The molecule has 6 nitrogen and oxygen atoms in total. The number of carbonyl (C=O) groups is 1. The highest BCUT2D eigenvalue weighted by Crippen LogP contribution is 2.20. The van der Waals surface area contributed by atoms with Gasteiger partial charge in [0.25, 0.3) is 5.56 Å². The lowest BCUT2D eigenvalue weighted by Crippen LogP contribution is -2.37. The van der Waals surface area contributed by atoms with Crippen molar-refractivity contribution in [2.45, 2.75) is 5.75 Å². The third-order valence-electron chi connectivity index (χ3n) is 4.00. The van der Waals surface area contributed by atoms with E-state index in [4.69, 9.17) is 0 Å². The first-order valence-electron chi connectivity index (χ1n) is 7.42. The average Bonchev–Trinajstić information content (AvgIpc) is 3.01. The Morgan fingerprint density at radius 3 is 2.71 bits per heavy atom. The molecule has 3 rings (SSSR count). The first-order valence-corrected chi connectivity index (χ1v) is 8.57. The van der Waals surface area contributed by atoms with Gasteiger partial charge in [-0.25, -0.2) is 4.79 Å². The largest absolute Gasteiger partial charge is 0.360 e. The second-order valence-corrected chi connectivity index (χ2v) is 6.52. The molecule has 1 N–H and O–H groups in total. The fourth-order valence-electron chi connectivity index (χ4n) is 2.55. The third kappa shape index (κ3) is 2.94. The summed E-state index contributed by atoms with van der Waals surface area (Å²) < 4.78 is 2.50. The van der Waals surface area contributed by atoms with E-state index in [0.29, 0.717) is 17.0 Å². The summed E-state index contributed by atoms with van der Waals surface area (Å²) in [7, 11) is 3.07. The minimum atomic E-state index is -0.360. The molecule has 124 valence electrons. The highest BCUT2D eigenvalue weighted by Gasteiger charge is 2.12. The number of nitrogens with one attached hydrogen (secondary N) is 1. The predicted molar refractivity (Wildman–Crippen MR) is 95.7 cm³/mol. The van der Waals surface area contributed by atoms with Crippen LogP contribution in [-0.4, -0.2) is 25.7 Å². The molecule has 0 fully saturated rings. The average molecular weight is 343 g/mol. The number of fused-ring (bicyclic) bond motifs is 1. The van der Waals surface area contributed by atoms with Gasteiger partial charge in [0.15, 0.2) is 5.78 Å². The Hall–Kier alpha value is -2.54. The van der Waals surface area contributed by atoms with E-state index in [1.165, 1.54) is 29.4 Å². The molecule has 3 aromatic rings. The van der Waals surface area contributed by atoms with Gasteiger partial charge in [0.05, 0.1) is 5.75 Å². The predicted octanol–water partition coefficient (Wildman–Crippen LogP) is 1.68. The second kappa shape index (κ2) is 6.52. The molecule has 2 heterocycles. The molecule has 0 amide bonds. The normalized spacial score (nSPS) is 11.1. The van der Waals surface area contributed by atoms with Crippen molar-refractivity contribution < 1.29 is 4.79 Å². The van der Waals surface area contributed by atoms with Gasteiger partial charge in [0.2, 0.25) is 0 Å². The van der Waals surface area contributed by atoms with Crippen LogP contribution < -0.4 is 11.2 Å². The van der Waals surface area contributed by atoms with Crippen molar-refractivity contribution in [1.29, 1.82) is 0 Å². The van der Waals surface area contributed by atoms with E-state index in [1.807, 2.05) is 24.3 Å². The molecule has 0 aliphatic rings. The molecule has 0 saturated carbocycles. The Kier molecular flexibility index (Phi) is 4.44. The lowest BCUT2D eigenvalue weighted by molar-refractivity contribution is 0.102. The molecule has 24 heavy (non-hydrogen) atoms. The van der Waals surface area contributed by atoms with Crippen molar-refractivity contribution in [3.8, 4) is 0 Å². The van der Waals surface area contributed by atoms with Gasteiger partial charge in [-0.2, -0.15) is 0 Å². The maximum atomic E-state index is 12.4. The molecule has 0 unspecified atom stereocenters. The minimum absolute atomic E-state index is 0.0197. The summed E-state index contributed by atoms with van der Waals surface area (Å²) in [5.74, 6) is 0.729. The SMILES string of the molecule is Cn1c(CSCC(=O)c2c[nH]c3ccccc23)cc(=O)n(C)c1=O. The van der Waals surface area contributed by atoms with E-state index in [1.54, 1.807) is 13.2 Å². The molecule has 1 aromatic carbocycles. The van der Waals surface area contributed by atoms with Gasteiger partial charge in [-0.3, -0.25) is 18.7 Å². The molecule has 7 heteroatoms. The van der Waals surface area contributed by atoms with Gasteiger partial charge in [-0.1, -0.05) is 18.2 Å². The van der Waals surface area contributed by atoms with Crippen molar-refractivity contribution in [3.05, 3.63) is 68.6 Å². The van der Waals surface area contributed by atoms with Crippen LogP contribution in [0.1, 0.15) is 16.1 Å². The van der Waals surface area contributed by atoms with Crippen molar-refractivity contribution in [2.24, 2.45) is 14.1 Å². The maximum absolute atomic E-state index is 12.4. The summed E-state index contributed by atoms with van der Waals surface area (Å²) in [4.78, 5) is 39.1. The van der Waals surface area contributed by atoms with Crippen LogP contribution in [-0.2, 0) is 19.8 Å². The fraction of sp³-hybridized carbons (Fsp3) is 0.235. The number of thioether (sulfide) groups is 1. The number of para-hydroxylation sites is 1. The van der Waals surface area contributed by atoms with Crippen molar-refractivity contribution in [2.75, 3.05) is 5.75 Å². The number of rotatable bonds is 5. The van der Waals surface area contributed by atoms with Gasteiger partial charge in [0.1, 0.15) is 0 Å². The Balaban J connectivity index is 1.72. The summed E-state index contributed by atoms with van der Waals surface area (Å²) >= 11 is 1.39. The summed E-state index contributed by atoms with van der Waals surface area (Å²) in [6.45, 7) is 0. The first kappa shape index (κ1) is 16.3. The summed E-state index contributed by atoms with van der Waals surface area (Å²) in [5, 5.41) is 0.907. The Labute approximate surface area is 142 Å². The highest BCUT2D eigenvalue weighted by molar-refractivity contribution is 7.99. The number of aromatic nitrogens is 3. The fourth-order valence-corrected chi connectivity index (χ4v) is 3.47. The zero-order valence-electron chi connectivity index (χ0n) is 13.4. The van der Waals surface area contributed by atoms with Crippen molar-refractivity contribution in [1.82, 2.24) is 14.1 Å². The second-order valence-electron chi connectivity index (χ2n) is 5.54. The molecule has 0 radical (unpaired) electrons. The van der Waals surface area contributed by atoms with Crippen LogP contribution in [0.25, 0.3) is 10.9 Å². The lowest BCUT2D eigenvalue weighted by atomic mass is 10.1. The number of hydrogen-bond donors (Lipinski definition) is 1.